The first-order valence-corrected chi connectivity index (χ1v) is 7.05. The van der Waals surface area contributed by atoms with E-state index in [1.54, 1.807) is 0 Å². The van der Waals surface area contributed by atoms with Gasteiger partial charge in [0.05, 0.1) is 12.7 Å². The summed E-state index contributed by atoms with van der Waals surface area (Å²) < 4.78 is 4.08. The Hall–Kier alpha value is -1.84. The van der Waals surface area contributed by atoms with Gasteiger partial charge in [-0.25, -0.2) is 0 Å². The van der Waals surface area contributed by atoms with Gasteiger partial charge in [-0.05, 0) is 24.8 Å². The van der Waals surface area contributed by atoms with Gasteiger partial charge in [-0.1, -0.05) is 13.8 Å². The van der Waals surface area contributed by atoms with Crippen LogP contribution in [0.15, 0.2) is 18.5 Å². The van der Waals surface area contributed by atoms with Crippen molar-refractivity contribution < 1.29 is 4.79 Å². The zero-order valence-electron chi connectivity index (χ0n) is 12.6. The molecule has 2 aromatic rings. The summed E-state index contributed by atoms with van der Waals surface area (Å²) >= 11 is 0. The van der Waals surface area contributed by atoms with Gasteiger partial charge in [0.2, 0.25) is 0 Å². The van der Waals surface area contributed by atoms with Crippen molar-refractivity contribution in [3.8, 4) is 0 Å². The van der Waals surface area contributed by atoms with Crippen molar-refractivity contribution in [2.75, 3.05) is 0 Å². The summed E-state index contributed by atoms with van der Waals surface area (Å²) in [4.78, 5) is 12.3. The van der Waals surface area contributed by atoms with Crippen LogP contribution in [0.25, 0.3) is 0 Å². The molecule has 2 aromatic heterocycles. The maximum atomic E-state index is 12.3. The maximum absolute atomic E-state index is 12.3. The average molecular weight is 271 g/mol. The zero-order valence-corrected chi connectivity index (χ0v) is 12.6. The van der Waals surface area contributed by atoms with Crippen molar-refractivity contribution >= 4 is 5.78 Å². The minimum Gasteiger partial charge on any atom is -0.344 e. The van der Waals surface area contributed by atoms with Crippen LogP contribution in [0.4, 0.5) is 0 Å². The van der Waals surface area contributed by atoms with Crippen LogP contribution in [0.5, 0.6) is 0 Å². The molecule has 0 spiro atoms. The molecular formula is C16H21N3O. The van der Waals surface area contributed by atoms with Gasteiger partial charge in [0.1, 0.15) is 0 Å². The normalized spacial score (nSPS) is 17.3. The Bertz CT molecular complexity index is 676. The monoisotopic (exact) mass is 271 g/mol. The molecule has 0 radical (unpaired) electrons. The standard InChI is InChI=1S/C16H21N3O/c1-11-5-13-14(6-16(2,3)7-15(13)20)19(11)10-12-8-17-18(4)9-12/h5,8-9H,6-7,10H2,1-4H3. The Balaban J connectivity index is 2.02. The summed E-state index contributed by atoms with van der Waals surface area (Å²) in [6.45, 7) is 7.21. The molecule has 20 heavy (non-hydrogen) atoms. The smallest absolute Gasteiger partial charge is 0.165 e. The van der Waals surface area contributed by atoms with E-state index in [1.165, 1.54) is 11.3 Å². The fourth-order valence-corrected chi connectivity index (χ4v) is 3.16. The number of hydrogen-bond donors (Lipinski definition) is 0. The van der Waals surface area contributed by atoms with Crippen LogP contribution in [-0.2, 0) is 20.0 Å². The van der Waals surface area contributed by atoms with Crippen LogP contribution >= 0.6 is 0 Å². The lowest BCUT2D eigenvalue weighted by Gasteiger charge is -2.29. The highest BCUT2D eigenvalue weighted by Gasteiger charge is 2.33. The first-order chi connectivity index (χ1) is 9.35. The zero-order chi connectivity index (χ0) is 14.5. The van der Waals surface area contributed by atoms with Crippen LogP contribution in [-0.4, -0.2) is 20.1 Å². The summed E-state index contributed by atoms with van der Waals surface area (Å²) in [6.07, 6.45) is 5.53. The first-order valence-electron chi connectivity index (χ1n) is 7.05. The molecule has 0 bridgehead atoms. The number of aryl methyl sites for hydroxylation is 2. The third-order valence-electron chi connectivity index (χ3n) is 4.10. The molecule has 4 heteroatoms. The van der Waals surface area contributed by atoms with Gasteiger partial charge < -0.3 is 4.57 Å². The predicted molar refractivity (Wildman–Crippen MR) is 77.9 cm³/mol. The summed E-state index contributed by atoms with van der Waals surface area (Å²) in [7, 11) is 1.92. The van der Waals surface area contributed by atoms with Gasteiger partial charge in [-0.2, -0.15) is 5.10 Å². The molecule has 0 amide bonds. The Morgan fingerprint density at radius 2 is 2.10 bits per heavy atom. The molecule has 3 rings (SSSR count). The lowest BCUT2D eigenvalue weighted by Crippen LogP contribution is -2.28. The molecule has 0 N–H and O–H groups in total. The molecule has 106 valence electrons. The van der Waals surface area contributed by atoms with Crippen molar-refractivity contribution in [3.05, 3.63) is 41.0 Å². The quantitative estimate of drug-likeness (QED) is 0.842. The summed E-state index contributed by atoms with van der Waals surface area (Å²) in [5, 5.41) is 4.22. The Labute approximate surface area is 119 Å². The highest BCUT2D eigenvalue weighted by molar-refractivity contribution is 5.99. The number of nitrogens with zero attached hydrogens (tertiary/aromatic N) is 3. The number of rotatable bonds is 2. The maximum Gasteiger partial charge on any atom is 0.165 e. The number of ketones is 1. The van der Waals surface area contributed by atoms with Crippen molar-refractivity contribution in [2.24, 2.45) is 12.5 Å². The third-order valence-corrected chi connectivity index (χ3v) is 4.10. The second-order valence-electron chi connectivity index (χ2n) is 6.70. The molecule has 1 aliphatic rings. The van der Waals surface area contributed by atoms with E-state index >= 15 is 0 Å². The minimum absolute atomic E-state index is 0.0571. The molecule has 0 atom stereocenters. The minimum atomic E-state index is 0.0571. The molecule has 2 heterocycles. The number of Topliss-reactive ketones (excluding diaryl/α,β-unsaturated/α-hetero) is 1. The van der Waals surface area contributed by atoms with E-state index in [4.69, 9.17) is 0 Å². The fraction of sp³-hybridized carbons (Fsp3) is 0.500. The van der Waals surface area contributed by atoms with Gasteiger partial charge in [-0.3, -0.25) is 9.48 Å². The number of carbonyl (C=O) groups is 1. The Kier molecular flexibility index (Phi) is 2.85. The van der Waals surface area contributed by atoms with E-state index in [0.29, 0.717) is 6.42 Å². The molecule has 0 saturated carbocycles. The van der Waals surface area contributed by atoms with Gasteiger partial charge in [0.25, 0.3) is 0 Å². The molecule has 0 aromatic carbocycles. The van der Waals surface area contributed by atoms with E-state index in [2.05, 4.69) is 30.4 Å². The van der Waals surface area contributed by atoms with Crippen molar-refractivity contribution in [3.63, 3.8) is 0 Å². The molecule has 0 saturated heterocycles. The van der Waals surface area contributed by atoms with Gasteiger partial charge in [0.15, 0.2) is 5.78 Å². The second kappa shape index (κ2) is 4.33. The van der Waals surface area contributed by atoms with Crippen molar-refractivity contribution in [1.82, 2.24) is 14.3 Å². The average Bonchev–Trinajstić information content (AvgIpc) is 2.86. The van der Waals surface area contributed by atoms with Gasteiger partial charge in [0, 0.05) is 42.2 Å². The molecule has 4 nitrogen and oxygen atoms in total. The topological polar surface area (TPSA) is 39.8 Å². The van der Waals surface area contributed by atoms with Crippen LogP contribution in [0.3, 0.4) is 0 Å². The Morgan fingerprint density at radius 3 is 2.75 bits per heavy atom. The lowest BCUT2D eigenvalue weighted by atomic mass is 9.76. The van der Waals surface area contributed by atoms with E-state index in [9.17, 15) is 4.79 Å². The molecule has 0 aliphatic heterocycles. The predicted octanol–water partition coefficient (Wildman–Crippen LogP) is 2.73. The highest BCUT2D eigenvalue weighted by atomic mass is 16.1. The number of fused-ring (bicyclic) bond motifs is 1. The Morgan fingerprint density at radius 1 is 1.35 bits per heavy atom. The van der Waals surface area contributed by atoms with E-state index in [1.807, 2.05) is 30.2 Å². The van der Waals surface area contributed by atoms with Crippen molar-refractivity contribution in [1.29, 1.82) is 0 Å². The second-order valence-corrected chi connectivity index (χ2v) is 6.70. The molecule has 0 unspecified atom stereocenters. The number of hydrogen-bond acceptors (Lipinski definition) is 2. The summed E-state index contributed by atoms with van der Waals surface area (Å²) in [5.74, 6) is 0.282. The molecule has 0 fully saturated rings. The van der Waals surface area contributed by atoms with Crippen LogP contribution in [0, 0.1) is 12.3 Å². The van der Waals surface area contributed by atoms with Crippen molar-refractivity contribution in [2.45, 2.75) is 40.2 Å². The number of carbonyl (C=O) groups excluding carboxylic acids is 1. The summed E-state index contributed by atoms with van der Waals surface area (Å²) in [5.41, 5.74) is 4.50. The largest absolute Gasteiger partial charge is 0.344 e. The first kappa shape index (κ1) is 13.2. The van der Waals surface area contributed by atoms with Crippen LogP contribution < -0.4 is 0 Å². The van der Waals surface area contributed by atoms with E-state index in [0.717, 1.165) is 24.2 Å². The molecule has 1 aliphatic carbocycles. The van der Waals surface area contributed by atoms with E-state index in [-0.39, 0.29) is 11.2 Å². The third kappa shape index (κ3) is 2.19. The fourth-order valence-electron chi connectivity index (χ4n) is 3.16. The van der Waals surface area contributed by atoms with Crippen LogP contribution in [0.2, 0.25) is 0 Å². The summed E-state index contributed by atoms with van der Waals surface area (Å²) in [6, 6.07) is 2.04. The lowest BCUT2D eigenvalue weighted by molar-refractivity contribution is 0.0910. The number of aromatic nitrogens is 3. The highest BCUT2D eigenvalue weighted by Crippen LogP contribution is 2.36. The van der Waals surface area contributed by atoms with Gasteiger partial charge in [-0.15, -0.1) is 0 Å². The molecular weight excluding hydrogens is 250 g/mol. The van der Waals surface area contributed by atoms with Crippen LogP contribution in [0.1, 0.15) is 47.6 Å². The SMILES string of the molecule is Cc1cc2c(n1Cc1cnn(C)c1)CC(C)(C)CC2=O. The van der Waals surface area contributed by atoms with E-state index < -0.39 is 0 Å². The van der Waals surface area contributed by atoms with Gasteiger partial charge >= 0.3 is 0 Å².